The summed E-state index contributed by atoms with van der Waals surface area (Å²) in [5.41, 5.74) is 5.30. The Morgan fingerprint density at radius 2 is 2.12 bits per heavy atom. The van der Waals surface area contributed by atoms with E-state index in [4.69, 9.17) is 5.73 Å². The number of amides is 1. The summed E-state index contributed by atoms with van der Waals surface area (Å²) in [6.07, 6.45) is 2.26. The molecule has 0 bridgehead atoms. The van der Waals surface area contributed by atoms with E-state index in [0.717, 1.165) is 31.7 Å². The molecule has 1 aromatic heterocycles. The maximum Gasteiger partial charge on any atom is 0.269 e. The Bertz CT molecular complexity index is 336. The predicted octanol–water partition coefficient (Wildman–Crippen LogP) is 1.20. The zero-order valence-corrected chi connectivity index (χ0v) is 9.81. The van der Waals surface area contributed by atoms with Crippen molar-refractivity contribution < 1.29 is 4.79 Å². The molecule has 16 heavy (non-hydrogen) atoms. The van der Waals surface area contributed by atoms with Crippen LogP contribution in [0.5, 0.6) is 0 Å². The van der Waals surface area contributed by atoms with E-state index in [1.54, 1.807) is 12.1 Å². The van der Waals surface area contributed by atoms with E-state index in [1.165, 1.54) is 0 Å². The molecule has 0 unspecified atom stereocenters. The predicted molar refractivity (Wildman–Crippen MR) is 63.3 cm³/mol. The highest BCUT2D eigenvalue weighted by molar-refractivity contribution is 5.90. The molecule has 1 rings (SSSR count). The molecule has 0 fully saturated rings. The van der Waals surface area contributed by atoms with Crippen molar-refractivity contribution in [2.45, 2.75) is 26.7 Å². The highest BCUT2D eigenvalue weighted by Crippen LogP contribution is 2.10. The van der Waals surface area contributed by atoms with Crippen LogP contribution in [0.15, 0.2) is 12.1 Å². The van der Waals surface area contributed by atoms with Crippen LogP contribution in [0.1, 0.15) is 37.2 Å². The summed E-state index contributed by atoms with van der Waals surface area (Å²) in [7, 11) is 0. The van der Waals surface area contributed by atoms with Crippen molar-refractivity contribution in [2.75, 3.05) is 18.0 Å². The zero-order chi connectivity index (χ0) is 12.0. The number of hydrogen-bond donors (Lipinski definition) is 1. The van der Waals surface area contributed by atoms with Crippen molar-refractivity contribution in [3.8, 4) is 0 Å². The first-order valence-corrected chi connectivity index (χ1v) is 5.57. The zero-order valence-electron chi connectivity index (χ0n) is 9.81. The number of primary amides is 1. The second-order valence-corrected chi connectivity index (χ2v) is 3.57. The molecule has 1 aromatic rings. The molecule has 1 heterocycles. The van der Waals surface area contributed by atoms with Gasteiger partial charge in [-0.3, -0.25) is 4.79 Å². The summed E-state index contributed by atoms with van der Waals surface area (Å²) >= 11 is 0. The van der Waals surface area contributed by atoms with E-state index in [1.807, 2.05) is 0 Å². The normalized spacial score (nSPS) is 10.1. The summed E-state index contributed by atoms with van der Waals surface area (Å²) in [5, 5.41) is 7.79. The fourth-order valence-corrected chi connectivity index (χ4v) is 1.41. The van der Waals surface area contributed by atoms with E-state index in [9.17, 15) is 4.79 Å². The monoisotopic (exact) mass is 222 g/mol. The smallest absolute Gasteiger partial charge is 0.269 e. The number of hydrogen-bond acceptors (Lipinski definition) is 4. The van der Waals surface area contributed by atoms with Gasteiger partial charge in [-0.05, 0) is 25.5 Å². The first-order chi connectivity index (χ1) is 7.69. The molecule has 88 valence electrons. The van der Waals surface area contributed by atoms with Gasteiger partial charge in [0.05, 0.1) is 0 Å². The number of carbonyl (C=O) groups is 1. The quantitative estimate of drug-likeness (QED) is 0.785. The third-order valence-corrected chi connectivity index (χ3v) is 2.39. The highest BCUT2D eigenvalue weighted by atomic mass is 16.1. The van der Waals surface area contributed by atoms with Gasteiger partial charge < -0.3 is 10.6 Å². The molecule has 0 saturated heterocycles. The molecule has 1 amide bonds. The van der Waals surface area contributed by atoms with Crippen LogP contribution in [0.2, 0.25) is 0 Å². The molecule has 2 N–H and O–H groups in total. The fourth-order valence-electron chi connectivity index (χ4n) is 1.41. The summed E-state index contributed by atoms with van der Waals surface area (Å²) < 4.78 is 0. The molecule has 5 heteroatoms. The molecule has 0 radical (unpaired) electrons. The number of aromatic nitrogens is 2. The number of unbranched alkanes of at least 4 members (excludes halogenated alkanes) is 1. The van der Waals surface area contributed by atoms with Gasteiger partial charge in [0.25, 0.3) is 5.91 Å². The van der Waals surface area contributed by atoms with Crippen molar-refractivity contribution in [1.82, 2.24) is 10.2 Å². The van der Waals surface area contributed by atoms with Crippen molar-refractivity contribution >= 4 is 11.7 Å². The number of carbonyl (C=O) groups excluding carboxylic acids is 1. The first-order valence-electron chi connectivity index (χ1n) is 5.57. The van der Waals surface area contributed by atoms with Crippen molar-refractivity contribution in [2.24, 2.45) is 5.73 Å². The lowest BCUT2D eigenvalue weighted by Crippen LogP contribution is -2.25. The second-order valence-electron chi connectivity index (χ2n) is 3.57. The Hall–Kier alpha value is -1.65. The van der Waals surface area contributed by atoms with Crippen LogP contribution >= 0.6 is 0 Å². The van der Waals surface area contributed by atoms with Gasteiger partial charge in [0.15, 0.2) is 11.5 Å². The van der Waals surface area contributed by atoms with E-state index in [0.29, 0.717) is 0 Å². The maximum absolute atomic E-state index is 10.8. The van der Waals surface area contributed by atoms with Crippen LogP contribution in [0.25, 0.3) is 0 Å². The van der Waals surface area contributed by atoms with E-state index < -0.39 is 5.91 Å². The summed E-state index contributed by atoms with van der Waals surface area (Å²) in [6.45, 7) is 6.05. The fraction of sp³-hybridized carbons (Fsp3) is 0.545. The largest absolute Gasteiger partial charge is 0.364 e. The Morgan fingerprint density at radius 1 is 1.38 bits per heavy atom. The van der Waals surface area contributed by atoms with Gasteiger partial charge in [-0.25, -0.2) is 0 Å². The summed E-state index contributed by atoms with van der Waals surface area (Å²) in [6, 6.07) is 3.39. The van der Waals surface area contributed by atoms with Crippen LogP contribution in [0.4, 0.5) is 5.82 Å². The second kappa shape index (κ2) is 6.05. The van der Waals surface area contributed by atoms with Gasteiger partial charge in [-0.15, -0.1) is 10.2 Å². The van der Waals surface area contributed by atoms with E-state index in [2.05, 4.69) is 28.9 Å². The van der Waals surface area contributed by atoms with Gasteiger partial charge >= 0.3 is 0 Å². The summed E-state index contributed by atoms with van der Waals surface area (Å²) in [5.74, 6) is 0.247. The van der Waals surface area contributed by atoms with Crippen LogP contribution in [-0.4, -0.2) is 29.2 Å². The van der Waals surface area contributed by atoms with Crippen LogP contribution < -0.4 is 10.6 Å². The number of anilines is 1. The Balaban J connectivity index is 2.74. The standard InChI is InChI=1S/C11H18N4O/c1-3-5-8-15(4-2)10-7-6-9(11(12)16)13-14-10/h6-7H,3-5,8H2,1-2H3,(H2,12,16). The van der Waals surface area contributed by atoms with Gasteiger partial charge in [0.1, 0.15) is 0 Å². The van der Waals surface area contributed by atoms with Crippen LogP contribution in [0.3, 0.4) is 0 Å². The van der Waals surface area contributed by atoms with Crippen molar-refractivity contribution in [3.63, 3.8) is 0 Å². The molecule has 0 atom stereocenters. The number of nitrogens with two attached hydrogens (primary N) is 1. The molecule has 5 nitrogen and oxygen atoms in total. The Labute approximate surface area is 95.7 Å². The number of rotatable bonds is 6. The minimum absolute atomic E-state index is 0.204. The lowest BCUT2D eigenvalue weighted by atomic mass is 10.3. The van der Waals surface area contributed by atoms with Crippen molar-refractivity contribution in [1.29, 1.82) is 0 Å². The van der Waals surface area contributed by atoms with Crippen molar-refractivity contribution in [3.05, 3.63) is 17.8 Å². The molecule has 0 aliphatic heterocycles. The minimum atomic E-state index is -0.546. The molecule has 0 saturated carbocycles. The third-order valence-electron chi connectivity index (χ3n) is 2.39. The lowest BCUT2D eigenvalue weighted by Gasteiger charge is -2.20. The van der Waals surface area contributed by atoms with Gasteiger partial charge in [0, 0.05) is 13.1 Å². The minimum Gasteiger partial charge on any atom is -0.364 e. The molecule has 0 aliphatic carbocycles. The molecular weight excluding hydrogens is 204 g/mol. The highest BCUT2D eigenvalue weighted by Gasteiger charge is 2.07. The van der Waals surface area contributed by atoms with Gasteiger partial charge in [-0.1, -0.05) is 13.3 Å². The van der Waals surface area contributed by atoms with Gasteiger partial charge in [0.2, 0.25) is 0 Å². The molecule has 0 aromatic carbocycles. The number of nitrogens with zero attached hydrogens (tertiary/aromatic N) is 3. The summed E-state index contributed by atoms with van der Waals surface area (Å²) in [4.78, 5) is 13.0. The topological polar surface area (TPSA) is 72.1 Å². The third kappa shape index (κ3) is 3.18. The SMILES string of the molecule is CCCCN(CC)c1ccc(C(N)=O)nn1. The first kappa shape index (κ1) is 12.4. The molecule has 0 aliphatic rings. The van der Waals surface area contributed by atoms with Crippen LogP contribution in [-0.2, 0) is 0 Å². The van der Waals surface area contributed by atoms with Crippen LogP contribution in [0, 0.1) is 0 Å². The van der Waals surface area contributed by atoms with E-state index >= 15 is 0 Å². The average molecular weight is 222 g/mol. The van der Waals surface area contributed by atoms with Gasteiger partial charge in [-0.2, -0.15) is 0 Å². The lowest BCUT2D eigenvalue weighted by molar-refractivity contribution is 0.0994. The molecular formula is C11H18N4O. The maximum atomic E-state index is 10.8. The van der Waals surface area contributed by atoms with E-state index in [-0.39, 0.29) is 5.69 Å². The average Bonchev–Trinajstić information content (AvgIpc) is 2.30. The Morgan fingerprint density at radius 3 is 2.56 bits per heavy atom. The Kier molecular flexibility index (Phi) is 4.69. The molecule has 0 spiro atoms.